The maximum absolute atomic E-state index is 12.5. The molecule has 0 unspecified atom stereocenters. The minimum Gasteiger partial charge on any atom is -0.334 e. The molecule has 1 aromatic rings. The second-order valence-electron chi connectivity index (χ2n) is 5.59. The summed E-state index contributed by atoms with van der Waals surface area (Å²) in [4.78, 5) is 17.1. The summed E-state index contributed by atoms with van der Waals surface area (Å²) in [5.74, 6) is 0.190. The fourth-order valence-corrected chi connectivity index (χ4v) is 3.25. The van der Waals surface area contributed by atoms with Gasteiger partial charge in [0.05, 0.1) is 0 Å². The third kappa shape index (κ3) is 2.81. The van der Waals surface area contributed by atoms with Crippen LogP contribution in [0.1, 0.15) is 36.0 Å². The predicted molar refractivity (Wildman–Crippen MR) is 75.0 cm³/mol. The van der Waals surface area contributed by atoms with Crippen LogP contribution < -0.4 is 0 Å². The van der Waals surface area contributed by atoms with Gasteiger partial charge in [0.1, 0.15) is 0 Å². The molecule has 0 aliphatic carbocycles. The topological polar surface area (TPSA) is 23.6 Å². The Morgan fingerprint density at radius 1 is 1.16 bits per heavy atom. The van der Waals surface area contributed by atoms with Crippen molar-refractivity contribution in [2.75, 3.05) is 26.2 Å². The van der Waals surface area contributed by atoms with Gasteiger partial charge in [0.25, 0.3) is 5.91 Å². The summed E-state index contributed by atoms with van der Waals surface area (Å²) in [5, 5.41) is 0. The molecule has 2 fully saturated rings. The van der Waals surface area contributed by atoms with Gasteiger partial charge in [0.2, 0.25) is 0 Å². The number of rotatable bonds is 3. The minimum atomic E-state index is 0.190. The molecular formula is C16H21N2O. The number of nitrogens with zero attached hydrogens (tertiary/aromatic N) is 2. The van der Waals surface area contributed by atoms with Crippen LogP contribution in [0.25, 0.3) is 0 Å². The summed E-state index contributed by atoms with van der Waals surface area (Å²) in [5.41, 5.74) is 0.798. The van der Waals surface area contributed by atoms with E-state index >= 15 is 0 Å². The lowest BCUT2D eigenvalue weighted by molar-refractivity contribution is 0.0709. The van der Waals surface area contributed by atoms with Crippen LogP contribution in [-0.4, -0.2) is 47.9 Å². The van der Waals surface area contributed by atoms with Crippen molar-refractivity contribution in [3.05, 3.63) is 35.9 Å². The Bertz CT molecular complexity index is 426. The molecular weight excluding hydrogens is 236 g/mol. The molecule has 0 spiro atoms. The second-order valence-corrected chi connectivity index (χ2v) is 5.59. The van der Waals surface area contributed by atoms with Gasteiger partial charge in [-0.1, -0.05) is 12.1 Å². The SMILES string of the molecule is O=C(c1cc[c]cc1)N1CCC[C@H]1CN1CCCC1. The van der Waals surface area contributed by atoms with E-state index in [1.54, 1.807) is 0 Å². The van der Waals surface area contributed by atoms with Crippen LogP contribution in [0.3, 0.4) is 0 Å². The summed E-state index contributed by atoms with van der Waals surface area (Å²) >= 11 is 0. The first kappa shape index (κ1) is 12.7. The number of amides is 1. The van der Waals surface area contributed by atoms with Crippen molar-refractivity contribution in [1.82, 2.24) is 9.80 Å². The molecule has 2 aliphatic heterocycles. The van der Waals surface area contributed by atoms with E-state index in [0.717, 1.165) is 31.5 Å². The maximum Gasteiger partial charge on any atom is 0.254 e. The lowest BCUT2D eigenvalue weighted by atomic mass is 10.1. The monoisotopic (exact) mass is 257 g/mol. The number of hydrogen-bond donors (Lipinski definition) is 0. The van der Waals surface area contributed by atoms with Gasteiger partial charge in [-0.3, -0.25) is 4.79 Å². The molecule has 101 valence electrons. The van der Waals surface area contributed by atoms with Crippen LogP contribution in [0.4, 0.5) is 0 Å². The largest absolute Gasteiger partial charge is 0.334 e. The lowest BCUT2D eigenvalue weighted by Gasteiger charge is -2.28. The molecule has 2 heterocycles. The molecule has 1 amide bonds. The average Bonchev–Trinajstić information content (AvgIpc) is 3.11. The van der Waals surface area contributed by atoms with E-state index in [1.165, 1.54) is 25.9 Å². The first-order chi connectivity index (χ1) is 9.34. The van der Waals surface area contributed by atoms with Crippen LogP contribution >= 0.6 is 0 Å². The Kier molecular flexibility index (Phi) is 3.83. The van der Waals surface area contributed by atoms with E-state index in [9.17, 15) is 4.79 Å². The first-order valence-electron chi connectivity index (χ1n) is 7.34. The Labute approximate surface area is 115 Å². The smallest absolute Gasteiger partial charge is 0.254 e. The minimum absolute atomic E-state index is 0.190. The van der Waals surface area contributed by atoms with Crippen LogP contribution in [0, 0.1) is 6.07 Å². The molecule has 1 radical (unpaired) electrons. The summed E-state index contributed by atoms with van der Waals surface area (Å²) in [6.45, 7) is 4.39. The van der Waals surface area contributed by atoms with E-state index in [2.05, 4.69) is 15.9 Å². The average molecular weight is 257 g/mol. The van der Waals surface area contributed by atoms with Crippen molar-refractivity contribution < 1.29 is 4.79 Å². The normalized spacial score (nSPS) is 24.0. The molecule has 0 saturated carbocycles. The zero-order valence-electron chi connectivity index (χ0n) is 11.3. The Morgan fingerprint density at radius 3 is 2.63 bits per heavy atom. The summed E-state index contributed by atoms with van der Waals surface area (Å²) in [6.07, 6.45) is 4.93. The van der Waals surface area contributed by atoms with E-state index in [-0.39, 0.29) is 5.91 Å². The van der Waals surface area contributed by atoms with Gasteiger partial charge in [-0.25, -0.2) is 0 Å². The van der Waals surface area contributed by atoms with Crippen molar-refractivity contribution in [3.8, 4) is 0 Å². The van der Waals surface area contributed by atoms with Crippen molar-refractivity contribution in [3.63, 3.8) is 0 Å². The first-order valence-corrected chi connectivity index (χ1v) is 7.34. The van der Waals surface area contributed by atoms with Gasteiger partial charge in [-0.2, -0.15) is 0 Å². The van der Waals surface area contributed by atoms with Gasteiger partial charge >= 0.3 is 0 Å². The molecule has 1 atom stereocenters. The molecule has 2 aliphatic rings. The van der Waals surface area contributed by atoms with Crippen LogP contribution in [0.15, 0.2) is 24.3 Å². The summed E-state index contributed by atoms with van der Waals surface area (Å²) < 4.78 is 0. The molecule has 0 aromatic heterocycles. The molecule has 3 nitrogen and oxygen atoms in total. The fraction of sp³-hybridized carbons (Fsp3) is 0.562. The molecule has 0 N–H and O–H groups in total. The van der Waals surface area contributed by atoms with Crippen molar-refractivity contribution >= 4 is 5.91 Å². The number of carbonyl (C=O) groups is 1. The predicted octanol–water partition coefficient (Wildman–Crippen LogP) is 2.19. The van der Waals surface area contributed by atoms with E-state index in [1.807, 2.05) is 24.3 Å². The van der Waals surface area contributed by atoms with E-state index in [0.29, 0.717) is 6.04 Å². The fourth-order valence-electron chi connectivity index (χ4n) is 3.25. The Hall–Kier alpha value is -1.35. The highest BCUT2D eigenvalue weighted by molar-refractivity contribution is 5.94. The maximum atomic E-state index is 12.5. The summed E-state index contributed by atoms with van der Waals surface area (Å²) in [7, 11) is 0. The highest BCUT2D eigenvalue weighted by Gasteiger charge is 2.31. The highest BCUT2D eigenvalue weighted by Crippen LogP contribution is 2.22. The molecule has 3 heteroatoms. The number of likely N-dealkylation sites (tertiary alicyclic amines) is 2. The van der Waals surface area contributed by atoms with Gasteiger partial charge in [-0.05, 0) is 57.0 Å². The van der Waals surface area contributed by atoms with Crippen LogP contribution in [0.2, 0.25) is 0 Å². The molecule has 1 aromatic carbocycles. The van der Waals surface area contributed by atoms with E-state index in [4.69, 9.17) is 0 Å². The van der Waals surface area contributed by atoms with Crippen LogP contribution in [0.5, 0.6) is 0 Å². The van der Waals surface area contributed by atoms with E-state index < -0.39 is 0 Å². The number of carbonyl (C=O) groups excluding carboxylic acids is 1. The molecule has 3 rings (SSSR count). The number of benzene rings is 1. The molecule has 0 bridgehead atoms. The standard InChI is InChI=1S/C16H21N2O/c19-16(14-7-2-1-3-8-14)18-12-6-9-15(18)13-17-10-4-5-11-17/h2-3,7-8,15H,4-6,9-13H2/t15-/m0/s1. The van der Waals surface area contributed by atoms with Gasteiger partial charge in [0, 0.05) is 24.7 Å². The van der Waals surface area contributed by atoms with Crippen molar-refractivity contribution in [2.24, 2.45) is 0 Å². The zero-order valence-corrected chi connectivity index (χ0v) is 11.3. The quantitative estimate of drug-likeness (QED) is 0.828. The van der Waals surface area contributed by atoms with Crippen LogP contribution in [-0.2, 0) is 0 Å². The Morgan fingerprint density at radius 2 is 1.89 bits per heavy atom. The zero-order chi connectivity index (χ0) is 13.1. The highest BCUT2D eigenvalue weighted by atomic mass is 16.2. The summed E-state index contributed by atoms with van der Waals surface area (Å²) in [6, 6.07) is 10.8. The number of hydrogen-bond acceptors (Lipinski definition) is 2. The molecule has 2 saturated heterocycles. The van der Waals surface area contributed by atoms with Crippen molar-refractivity contribution in [1.29, 1.82) is 0 Å². The van der Waals surface area contributed by atoms with Gasteiger partial charge < -0.3 is 9.80 Å². The lowest BCUT2D eigenvalue weighted by Crippen LogP contribution is -2.42. The van der Waals surface area contributed by atoms with Crippen molar-refractivity contribution in [2.45, 2.75) is 31.7 Å². The van der Waals surface area contributed by atoms with Gasteiger partial charge in [-0.15, -0.1) is 0 Å². The second kappa shape index (κ2) is 5.74. The Balaban J connectivity index is 1.67. The van der Waals surface area contributed by atoms with Gasteiger partial charge in [0.15, 0.2) is 0 Å². The third-order valence-electron chi connectivity index (χ3n) is 4.27. The molecule has 19 heavy (non-hydrogen) atoms. The third-order valence-corrected chi connectivity index (χ3v) is 4.27.